The van der Waals surface area contributed by atoms with Gasteiger partial charge in [0.15, 0.2) is 0 Å². The van der Waals surface area contributed by atoms with Crippen LogP contribution in [0.25, 0.3) is 0 Å². The number of fused-ring (bicyclic) bond motifs is 1. The Balaban J connectivity index is 1.50. The lowest BCUT2D eigenvalue weighted by Gasteiger charge is -2.30. The third-order valence-electron chi connectivity index (χ3n) is 6.36. The molecule has 0 fully saturated rings. The van der Waals surface area contributed by atoms with Gasteiger partial charge in [-0.05, 0) is 60.7 Å². The molecule has 1 N–H and O–H groups in total. The van der Waals surface area contributed by atoms with Gasteiger partial charge in [-0.3, -0.25) is 19.3 Å². The van der Waals surface area contributed by atoms with Crippen LogP contribution in [0.15, 0.2) is 36.5 Å². The van der Waals surface area contributed by atoms with Crippen molar-refractivity contribution in [2.75, 3.05) is 13.7 Å². The maximum atomic E-state index is 13.1. The summed E-state index contributed by atoms with van der Waals surface area (Å²) in [6, 6.07) is 8.35. The van der Waals surface area contributed by atoms with E-state index in [1.54, 1.807) is 53.2 Å². The number of methoxy groups -OCH3 is 1. The monoisotopic (exact) mass is 475 g/mol. The van der Waals surface area contributed by atoms with E-state index in [1.165, 1.54) is 7.11 Å². The summed E-state index contributed by atoms with van der Waals surface area (Å²) in [6.45, 7) is 5.21. The molecular weight excluding hydrogens is 446 g/mol. The van der Waals surface area contributed by atoms with Crippen LogP contribution < -0.4 is 5.32 Å². The first-order chi connectivity index (χ1) is 16.8. The number of nitrogens with zero attached hydrogens (tertiary/aromatic N) is 4. The molecule has 0 saturated heterocycles. The Morgan fingerprint density at radius 1 is 1.17 bits per heavy atom. The fourth-order valence-electron chi connectivity index (χ4n) is 4.38. The van der Waals surface area contributed by atoms with Gasteiger partial charge in [0.1, 0.15) is 5.69 Å². The number of nitrogens with one attached hydrogen (secondary N) is 1. The number of rotatable bonds is 6. The summed E-state index contributed by atoms with van der Waals surface area (Å²) < 4.78 is 6.36. The second-order valence-electron chi connectivity index (χ2n) is 8.56. The van der Waals surface area contributed by atoms with Crippen LogP contribution >= 0.6 is 0 Å². The molecule has 2 aromatic heterocycles. The number of aromatic nitrogens is 3. The average Bonchev–Trinajstić information content (AvgIpc) is 3.27. The Hall–Kier alpha value is -4.01. The molecule has 9 heteroatoms. The normalized spacial score (nSPS) is 12.7. The summed E-state index contributed by atoms with van der Waals surface area (Å²) in [5.41, 5.74) is 6.07. The van der Waals surface area contributed by atoms with Gasteiger partial charge in [0, 0.05) is 44.1 Å². The second-order valence-corrected chi connectivity index (χ2v) is 8.56. The number of pyridine rings is 1. The number of carbonyl (C=O) groups is 3. The maximum Gasteiger partial charge on any atom is 0.337 e. The summed E-state index contributed by atoms with van der Waals surface area (Å²) in [5.74, 6) is -0.818. The summed E-state index contributed by atoms with van der Waals surface area (Å²) in [5, 5.41) is 7.35. The number of hydrogen-bond donors (Lipinski definition) is 1. The van der Waals surface area contributed by atoms with Crippen LogP contribution in [-0.4, -0.2) is 51.1 Å². The summed E-state index contributed by atoms with van der Waals surface area (Å²) in [6.07, 6.45) is 3.21. The first kappa shape index (κ1) is 24.1. The van der Waals surface area contributed by atoms with Crippen molar-refractivity contribution in [2.24, 2.45) is 7.05 Å². The number of hydrogen-bond acceptors (Lipinski definition) is 6. The second kappa shape index (κ2) is 10.1. The zero-order chi connectivity index (χ0) is 25.1. The molecular formula is C26H29N5O4. The Morgan fingerprint density at radius 3 is 2.66 bits per heavy atom. The summed E-state index contributed by atoms with van der Waals surface area (Å²) >= 11 is 0. The van der Waals surface area contributed by atoms with Gasteiger partial charge in [0.2, 0.25) is 0 Å². The predicted octanol–water partition coefficient (Wildman–Crippen LogP) is 2.60. The van der Waals surface area contributed by atoms with E-state index in [1.807, 2.05) is 13.8 Å². The molecule has 0 atom stereocenters. The fraction of sp³-hybridized carbons (Fsp3) is 0.346. The van der Waals surface area contributed by atoms with E-state index in [0.29, 0.717) is 42.9 Å². The Morgan fingerprint density at radius 2 is 1.94 bits per heavy atom. The molecule has 0 aliphatic carbocycles. The minimum atomic E-state index is -0.480. The van der Waals surface area contributed by atoms with Gasteiger partial charge in [-0.1, -0.05) is 13.0 Å². The predicted molar refractivity (Wildman–Crippen MR) is 129 cm³/mol. The number of aryl methyl sites for hydroxylation is 3. The molecule has 4 rings (SSSR count). The van der Waals surface area contributed by atoms with Gasteiger partial charge < -0.3 is 15.0 Å². The average molecular weight is 476 g/mol. The van der Waals surface area contributed by atoms with E-state index in [0.717, 1.165) is 34.5 Å². The van der Waals surface area contributed by atoms with Crippen molar-refractivity contribution < 1.29 is 19.1 Å². The molecule has 0 saturated carbocycles. The summed E-state index contributed by atoms with van der Waals surface area (Å²) in [4.78, 5) is 44.0. The lowest BCUT2D eigenvalue weighted by Crippen LogP contribution is -2.37. The van der Waals surface area contributed by atoms with Gasteiger partial charge in [0.25, 0.3) is 11.8 Å². The third-order valence-corrected chi connectivity index (χ3v) is 6.36. The SMILES string of the molecule is CCc1cc(C(=O)NCc2c(C)ncc3c2CCN(C(=O)c2cccc(C(=O)OC)c2)C3)n(C)n1. The van der Waals surface area contributed by atoms with E-state index in [-0.39, 0.29) is 11.8 Å². The molecule has 2 amide bonds. The fourth-order valence-corrected chi connectivity index (χ4v) is 4.38. The van der Waals surface area contributed by atoms with Crippen LogP contribution in [0.5, 0.6) is 0 Å². The Bertz CT molecular complexity index is 1300. The highest BCUT2D eigenvalue weighted by atomic mass is 16.5. The Kier molecular flexibility index (Phi) is 6.95. The van der Waals surface area contributed by atoms with Crippen molar-refractivity contribution in [2.45, 2.75) is 39.8 Å². The molecule has 1 aliphatic heterocycles. The topological polar surface area (TPSA) is 106 Å². The molecule has 3 heterocycles. The van der Waals surface area contributed by atoms with Crippen LogP contribution in [0.3, 0.4) is 0 Å². The van der Waals surface area contributed by atoms with Crippen molar-refractivity contribution in [3.63, 3.8) is 0 Å². The number of esters is 1. The standard InChI is InChI=1S/C26H29N5O4/c1-5-20-12-23(30(3)29-20)24(32)28-14-22-16(2)27-13-19-15-31(10-9-21(19)22)25(33)17-7-6-8-18(11-17)26(34)35-4/h6-8,11-13H,5,9-10,14-15H2,1-4H3,(H,28,32). The quantitative estimate of drug-likeness (QED) is 0.550. The van der Waals surface area contributed by atoms with Crippen LogP contribution in [0, 0.1) is 6.92 Å². The van der Waals surface area contributed by atoms with Gasteiger partial charge in [-0.2, -0.15) is 5.10 Å². The minimum absolute atomic E-state index is 0.153. The Labute approximate surface area is 204 Å². The molecule has 0 unspecified atom stereocenters. The molecule has 1 aliphatic rings. The number of carbonyl (C=O) groups excluding carboxylic acids is 3. The van der Waals surface area contributed by atoms with Crippen LogP contribution in [0.2, 0.25) is 0 Å². The zero-order valence-corrected chi connectivity index (χ0v) is 20.4. The molecule has 35 heavy (non-hydrogen) atoms. The van der Waals surface area contributed by atoms with Gasteiger partial charge >= 0.3 is 5.97 Å². The number of benzene rings is 1. The van der Waals surface area contributed by atoms with Crippen molar-refractivity contribution >= 4 is 17.8 Å². The minimum Gasteiger partial charge on any atom is -0.465 e. The van der Waals surface area contributed by atoms with Crippen LogP contribution in [-0.2, 0) is 37.7 Å². The molecule has 0 radical (unpaired) electrons. The van der Waals surface area contributed by atoms with Crippen LogP contribution in [0.4, 0.5) is 0 Å². The molecule has 1 aromatic carbocycles. The molecule has 9 nitrogen and oxygen atoms in total. The van der Waals surface area contributed by atoms with E-state index in [2.05, 4.69) is 15.4 Å². The van der Waals surface area contributed by atoms with E-state index < -0.39 is 5.97 Å². The molecule has 182 valence electrons. The number of amides is 2. The number of ether oxygens (including phenoxy) is 1. The zero-order valence-electron chi connectivity index (χ0n) is 20.4. The van der Waals surface area contributed by atoms with Crippen molar-refractivity contribution in [1.82, 2.24) is 25.0 Å². The van der Waals surface area contributed by atoms with Gasteiger partial charge in [0.05, 0.1) is 18.4 Å². The van der Waals surface area contributed by atoms with E-state index in [4.69, 9.17) is 4.74 Å². The van der Waals surface area contributed by atoms with E-state index in [9.17, 15) is 14.4 Å². The largest absolute Gasteiger partial charge is 0.465 e. The first-order valence-corrected chi connectivity index (χ1v) is 11.6. The lowest BCUT2D eigenvalue weighted by atomic mass is 9.94. The smallest absolute Gasteiger partial charge is 0.337 e. The third kappa shape index (κ3) is 4.94. The molecule has 0 bridgehead atoms. The highest BCUT2D eigenvalue weighted by molar-refractivity contribution is 5.98. The van der Waals surface area contributed by atoms with Crippen LogP contribution in [0.1, 0.15) is 66.2 Å². The molecule has 0 spiro atoms. The lowest BCUT2D eigenvalue weighted by molar-refractivity contribution is 0.0600. The summed E-state index contributed by atoms with van der Waals surface area (Å²) in [7, 11) is 3.07. The van der Waals surface area contributed by atoms with E-state index >= 15 is 0 Å². The van der Waals surface area contributed by atoms with Crippen molar-refractivity contribution in [3.05, 3.63) is 81.4 Å². The first-order valence-electron chi connectivity index (χ1n) is 11.6. The van der Waals surface area contributed by atoms with Gasteiger partial charge in [-0.25, -0.2) is 4.79 Å². The maximum absolute atomic E-state index is 13.1. The highest BCUT2D eigenvalue weighted by Gasteiger charge is 2.25. The van der Waals surface area contributed by atoms with Crippen molar-refractivity contribution in [3.8, 4) is 0 Å². The van der Waals surface area contributed by atoms with Crippen molar-refractivity contribution in [1.29, 1.82) is 0 Å². The molecule has 3 aromatic rings. The van der Waals surface area contributed by atoms with Gasteiger partial charge in [-0.15, -0.1) is 0 Å². The highest BCUT2D eigenvalue weighted by Crippen LogP contribution is 2.25.